The second-order valence-corrected chi connectivity index (χ2v) is 7.84. The molecule has 0 aliphatic heterocycles. The molecule has 2 rings (SSSR count). The number of hydrogen-bond donors (Lipinski definition) is 3. The molecule has 0 bridgehead atoms. The lowest BCUT2D eigenvalue weighted by Crippen LogP contribution is -2.28. The highest BCUT2D eigenvalue weighted by atomic mass is 79.9. The third-order valence-electron chi connectivity index (χ3n) is 3.23. The Labute approximate surface area is 160 Å². The number of nitrogens with one attached hydrogen (secondary N) is 2. The van der Waals surface area contributed by atoms with E-state index in [-0.39, 0.29) is 29.6 Å². The summed E-state index contributed by atoms with van der Waals surface area (Å²) in [4.78, 5) is 15.6. The number of halogens is 1. The average molecular weight is 443 g/mol. The topological polar surface area (TPSA) is 123 Å². The van der Waals surface area contributed by atoms with Gasteiger partial charge in [-0.15, -0.1) is 0 Å². The Hall–Kier alpha value is -2.17. The molecule has 140 valence electrons. The van der Waals surface area contributed by atoms with E-state index >= 15 is 0 Å². The van der Waals surface area contributed by atoms with Crippen LogP contribution in [-0.2, 0) is 14.8 Å². The normalized spacial score (nSPS) is 11.2. The monoisotopic (exact) mass is 442 g/mol. The molecule has 0 spiro atoms. The van der Waals surface area contributed by atoms with Crippen molar-refractivity contribution in [2.45, 2.75) is 18.2 Å². The molecule has 26 heavy (non-hydrogen) atoms. The maximum absolute atomic E-state index is 12.2. The summed E-state index contributed by atoms with van der Waals surface area (Å²) in [6, 6.07) is 8.25. The fraction of sp³-hybridized carbons (Fsp3) is 0.250. The summed E-state index contributed by atoms with van der Waals surface area (Å²) >= 11 is 3.15. The number of ether oxygens (including phenoxy) is 1. The van der Waals surface area contributed by atoms with Crippen molar-refractivity contribution in [3.8, 4) is 5.75 Å². The van der Waals surface area contributed by atoms with Gasteiger partial charge in [-0.3, -0.25) is 4.79 Å². The highest BCUT2D eigenvalue weighted by Crippen LogP contribution is 2.20. The molecule has 4 N–H and O–H groups in total. The van der Waals surface area contributed by atoms with Crippen LogP contribution in [-0.4, -0.2) is 32.5 Å². The quantitative estimate of drug-likeness (QED) is 0.575. The number of hydrogen-bond acceptors (Lipinski definition) is 6. The fourth-order valence-electron chi connectivity index (χ4n) is 2.05. The number of nitrogen functional groups attached to an aromatic ring is 1. The van der Waals surface area contributed by atoms with Gasteiger partial charge < -0.3 is 15.8 Å². The number of anilines is 2. The van der Waals surface area contributed by atoms with E-state index in [1.807, 2.05) is 6.92 Å². The van der Waals surface area contributed by atoms with Gasteiger partial charge >= 0.3 is 0 Å². The lowest BCUT2D eigenvalue weighted by Gasteiger charge is -2.10. The predicted molar refractivity (Wildman–Crippen MR) is 102 cm³/mol. The van der Waals surface area contributed by atoms with Crippen molar-refractivity contribution in [3.63, 3.8) is 0 Å². The molecular formula is C16H19BrN4O4S. The minimum absolute atomic E-state index is 0.0340. The number of amides is 1. The van der Waals surface area contributed by atoms with Gasteiger partial charge in [0.25, 0.3) is 0 Å². The molecule has 0 radical (unpaired) electrons. The van der Waals surface area contributed by atoms with Gasteiger partial charge in [0.15, 0.2) is 0 Å². The van der Waals surface area contributed by atoms with E-state index in [0.29, 0.717) is 22.5 Å². The first-order valence-electron chi connectivity index (χ1n) is 7.75. The number of pyridine rings is 1. The molecule has 0 unspecified atom stereocenters. The second kappa shape index (κ2) is 8.97. The Morgan fingerprint density at radius 2 is 2.00 bits per heavy atom. The Balaban J connectivity index is 1.88. The van der Waals surface area contributed by atoms with Gasteiger partial charge in [0, 0.05) is 29.3 Å². The summed E-state index contributed by atoms with van der Waals surface area (Å²) in [5.74, 6) is 0.273. The molecule has 0 fully saturated rings. The van der Waals surface area contributed by atoms with Crippen molar-refractivity contribution in [1.82, 2.24) is 9.71 Å². The first-order valence-corrected chi connectivity index (χ1v) is 10.0. The first-order chi connectivity index (χ1) is 12.3. The minimum Gasteiger partial charge on any atom is -0.494 e. The summed E-state index contributed by atoms with van der Waals surface area (Å²) in [5, 5.41) is 2.68. The van der Waals surface area contributed by atoms with Crippen LogP contribution in [0.15, 0.2) is 45.9 Å². The maximum Gasteiger partial charge on any atom is 0.244 e. The predicted octanol–water partition coefficient (Wildman–Crippen LogP) is 2.13. The molecule has 1 heterocycles. The SMILES string of the molecule is CCOc1ccc(NC(=O)CCNS(=O)(=O)c2cc(Br)cnc2N)cc1. The van der Waals surface area contributed by atoms with Crippen molar-refractivity contribution < 1.29 is 17.9 Å². The standard InChI is InChI=1S/C16H19BrN4O4S/c1-2-25-13-5-3-12(4-6-13)21-15(22)7-8-20-26(23,24)14-9-11(17)10-19-16(14)18/h3-6,9-10,20H,2,7-8H2,1H3,(H2,18,19)(H,21,22). The fourth-order valence-corrected chi connectivity index (χ4v) is 3.67. The molecule has 0 aliphatic carbocycles. The van der Waals surface area contributed by atoms with Gasteiger partial charge in [-0.2, -0.15) is 0 Å². The molecule has 10 heteroatoms. The minimum atomic E-state index is -3.86. The molecule has 1 aromatic carbocycles. The van der Waals surface area contributed by atoms with Crippen LogP contribution in [0.5, 0.6) is 5.75 Å². The smallest absolute Gasteiger partial charge is 0.244 e. The number of aromatic nitrogens is 1. The Bertz CT molecular complexity index is 872. The molecule has 0 aliphatic rings. The summed E-state index contributed by atoms with van der Waals surface area (Å²) in [6.45, 7) is 2.37. The van der Waals surface area contributed by atoms with Crippen LogP contribution in [0.4, 0.5) is 11.5 Å². The highest BCUT2D eigenvalue weighted by Gasteiger charge is 2.19. The largest absolute Gasteiger partial charge is 0.494 e. The molecule has 1 amide bonds. The van der Waals surface area contributed by atoms with E-state index < -0.39 is 10.0 Å². The zero-order valence-electron chi connectivity index (χ0n) is 14.0. The van der Waals surface area contributed by atoms with E-state index in [4.69, 9.17) is 10.5 Å². The third-order valence-corrected chi connectivity index (χ3v) is 5.15. The van der Waals surface area contributed by atoms with E-state index in [0.717, 1.165) is 0 Å². The molecule has 0 saturated carbocycles. The molecule has 0 saturated heterocycles. The van der Waals surface area contributed by atoms with Crippen LogP contribution < -0.4 is 20.5 Å². The molecule has 2 aromatic rings. The Kier molecular flexibility index (Phi) is 6.95. The van der Waals surface area contributed by atoms with Gasteiger partial charge in [-0.25, -0.2) is 18.1 Å². The van der Waals surface area contributed by atoms with Crippen molar-refractivity contribution in [2.24, 2.45) is 0 Å². The number of sulfonamides is 1. The number of carbonyl (C=O) groups excluding carboxylic acids is 1. The average Bonchev–Trinajstić information content (AvgIpc) is 2.59. The van der Waals surface area contributed by atoms with E-state index in [1.165, 1.54) is 12.3 Å². The van der Waals surface area contributed by atoms with Crippen LogP contribution in [0.2, 0.25) is 0 Å². The van der Waals surface area contributed by atoms with Crippen LogP contribution in [0, 0.1) is 0 Å². The van der Waals surface area contributed by atoms with Gasteiger partial charge in [-0.1, -0.05) is 0 Å². The Morgan fingerprint density at radius 1 is 1.31 bits per heavy atom. The van der Waals surface area contributed by atoms with E-state index in [1.54, 1.807) is 24.3 Å². The summed E-state index contributed by atoms with van der Waals surface area (Å²) < 4.78 is 32.6. The van der Waals surface area contributed by atoms with E-state index in [2.05, 4.69) is 31.0 Å². The van der Waals surface area contributed by atoms with Crippen LogP contribution in [0.25, 0.3) is 0 Å². The van der Waals surface area contributed by atoms with Crippen molar-refractivity contribution in [2.75, 3.05) is 24.2 Å². The molecular weight excluding hydrogens is 424 g/mol. The Morgan fingerprint density at radius 3 is 2.65 bits per heavy atom. The second-order valence-electron chi connectivity index (χ2n) is 5.19. The van der Waals surface area contributed by atoms with Gasteiger partial charge in [0.1, 0.15) is 16.5 Å². The zero-order valence-corrected chi connectivity index (χ0v) is 16.4. The zero-order chi connectivity index (χ0) is 19.2. The van der Waals surface area contributed by atoms with Crippen molar-refractivity contribution in [1.29, 1.82) is 0 Å². The number of nitrogens with zero attached hydrogens (tertiary/aromatic N) is 1. The van der Waals surface area contributed by atoms with Crippen LogP contribution in [0.3, 0.4) is 0 Å². The lowest BCUT2D eigenvalue weighted by atomic mass is 10.3. The maximum atomic E-state index is 12.2. The lowest BCUT2D eigenvalue weighted by molar-refractivity contribution is -0.116. The third kappa shape index (κ3) is 5.68. The number of nitrogens with two attached hydrogens (primary N) is 1. The summed E-state index contributed by atoms with van der Waals surface area (Å²) in [5.41, 5.74) is 6.20. The summed E-state index contributed by atoms with van der Waals surface area (Å²) in [6.07, 6.45) is 1.37. The van der Waals surface area contributed by atoms with Gasteiger partial charge in [0.2, 0.25) is 15.9 Å². The van der Waals surface area contributed by atoms with Crippen molar-refractivity contribution >= 4 is 43.4 Å². The summed E-state index contributed by atoms with van der Waals surface area (Å²) in [7, 11) is -3.86. The first kappa shape index (κ1) is 20.1. The van der Waals surface area contributed by atoms with Crippen LogP contribution in [0.1, 0.15) is 13.3 Å². The van der Waals surface area contributed by atoms with E-state index in [9.17, 15) is 13.2 Å². The van der Waals surface area contributed by atoms with Crippen LogP contribution >= 0.6 is 15.9 Å². The van der Waals surface area contributed by atoms with Gasteiger partial charge in [-0.05, 0) is 53.2 Å². The number of benzene rings is 1. The number of carbonyl (C=O) groups is 1. The molecule has 8 nitrogen and oxygen atoms in total. The molecule has 0 atom stereocenters. The van der Waals surface area contributed by atoms with Gasteiger partial charge in [0.05, 0.1) is 6.61 Å². The number of rotatable bonds is 8. The van der Waals surface area contributed by atoms with Crippen molar-refractivity contribution in [3.05, 3.63) is 41.0 Å². The highest BCUT2D eigenvalue weighted by molar-refractivity contribution is 9.10. The molecule has 1 aromatic heterocycles.